The van der Waals surface area contributed by atoms with Gasteiger partial charge in [0.1, 0.15) is 48.8 Å². The maximum Gasteiger partial charge on any atom is 0.320 e. The Morgan fingerprint density at radius 1 is 1.03 bits per heavy atom. The Labute approximate surface area is 199 Å². The molecule has 0 radical (unpaired) electrons. The van der Waals surface area contributed by atoms with Crippen molar-refractivity contribution in [2.75, 3.05) is 26.4 Å². The van der Waals surface area contributed by atoms with Crippen LogP contribution < -0.4 is 17.2 Å². The fraction of sp³-hybridized carbons (Fsp3) is 0.833. The van der Waals surface area contributed by atoms with Gasteiger partial charge >= 0.3 is 5.97 Å². The van der Waals surface area contributed by atoms with Gasteiger partial charge in [0.2, 0.25) is 5.78 Å². The number of rotatable bonds is 13. The minimum atomic E-state index is -2.53. The van der Waals surface area contributed by atoms with E-state index in [1.54, 1.807) is 0 Å². The number of carboxylic acid groups (broad SMARTS) is 1. The zero-order valence-electron chi connectivity index (χ0n) is 18.7. The molecule has 35 heavy (non-hydrogen) atoms. The van der Waals surface area contributed by atoms with E-state index in [4.69, 9.17) is 37.3 Å². The van der Waals surface area contributed by atoms with Gasteiger partial charge in [-0.2, -0.15) is 0 Å². The zero-order chi connectivity index (χ0) is 27.5. The van der Waals surface area contributed by atoms with Crippen molar-refractivity contribution in [2.24, 2.45) is 22.2 Å². The van der Waals surface area contributed by atoms with Crippen LogP contribution in [0.3, 0.4) is 0 Å². The normalized spacial score (nSPS) is 28.1. The van der Waals surface area contributed by atoms with E-state index in [2.05, 4.69) is 4.99 Å². The second-order valence-corrected chi connectivity index (χ2v) is 7.76. The number of ether oxygens (including phenoxy) is 1. The third-order valence-corrected chi connectivity index (χ3v) is 5.18. The fourth-order valence-electron chi connectivity index (χ4n) is 3.02. The zero-order valence-corrected chi connectivity index (χ0v) is 18.7. The second kappa shape index (κ2) is 15.2. The monoisotopic (exact) mass is 516 g/mol. The molecule has 0 aliphatic carbocycles. The summed E-state index contributed by atoms with van der Waals surface area (Å²) < 4.78 is 4.96. The molecular formula is C18H36N4O13. The van der Waals surface area contributed by atoms with Crippen LogP contribution in [0.25, 0.3) is 0 Å². The largest absolute Gasteiger partial charge is 0.480 e. The molecule has 0 aromatic rings. The number of nitrogens with two attached hydrogens (primary N) is 3. The van der Waals surface area contributed by atoms with Crippen molar-refractivity contribution in [1.29, 1.82) is 0 Å². The molecule has 1 aliphatic rings. The highest BCUT2D eigenvalue weighted by Gasteiger charge is 2.60. The number of aliphatic hydroxyl groups is 9. The van der Waals surface area contributed by atoms with Crippen LogP contribution in [0.2, 0.25) is 0 Å². The molecular weight excluding hydrogens is 480 g/mol. The molecule has 0 aromatic carbocycles. The maximum absolute atomic E-state index is 12.3. The maximum atomic E-state index is 12.3. The van der Waals surface area contributed by atoms with Gasteiger partial charge in [0, 0.05) is 6.54 Å². The number of guanidine groups is 1. The van der Waals surface area contributed by atoms with Gasteiger partial charge in [0.15, 0.2) is 11.6 Å². The van der Waals surface area contributed by atoms with Crippen LogP contribution in [0.1, 0.15) is 12.8 Å². The van der Waals surface area contributed by atoms with E-state index in [9.17, 15) is 45.3 Å². The van der Waals surface area contributed by atoms with Crippen LogP contribution in [-0.4, -0.2) is 150 Å². The van der Waals surface area contributed by atoms with Crippen LogP contribution in [0.5, 0.6) is 0 Å². The summed E-state index contributed by atoms with van der Waals surface area (Å²) in [5.74, 6) is -2.46. The summed E-state index contributed by atoms with van der Waals surface area (Å²) in [5, 5.41) is 93.2. The highest BCUT2D eigenvalue weighted by molar-refractivity contribution is 5.93. The predicted molar refractivity (Wildman–Crippen MR) is 115 cm³/mol. The average Bonchev–Trinajstić information content (AvgIpc) is 3.09. The van der Waals surface area contributed by atoms with Crippen molar-refractivity contribution in [1.82, 2.24) is 0 Å². The summed E-state index contributed by atoms with van der Waals surface area (Å²) in [6.07, 6.45) is -12.9. The van der Waals surface area contributed by atoms with Crippen LogP contribution in [0.4, 0.5) is 0 Å². The molecule has 1 aliphatic heterocycles. The van der Waals surface area contributed by atoms with Gasteiger partial charge in [-0.25, -0.2) is 0 Å². The minimum Gasteiger partial charge on any atom is -0.480 e. The Morgan fingerprint density at radius 2 is 1.60 bits per heavy atom. The van der Waals surface area contributed by atoms with Crippen molar-refractivity contribution in [3.63, 3.8) is 0 Å². The number of hydrogen-bond acceptors (Lipinski definition) is 14. The average molecular weight is 517 g/mol. The van der Waals surface area contributed by atoms with E-state index in [-0.39, 0.29) is 5.96 Å². The number of Topliss-reactive ketones (excluding diaryl/α,β-unsaturated/α-hetero) is 1. The summed E-state index contributed by atoms with van der Waals surface area (Å²) in [4.78, 5) is 26.2. The third-order valence-electron chi connectivity index (χ3n) is 5.18. The standard InChI is InChI=1S/C12H22O11.C6H14N4O2/c13-1-4(16)6(17)8(19)9(20)11(22)12(3-15)10(21)7(18)5(2-14)23-12;7-4(5(11)12)2-1-3-10-6(8)9/h4-10,13-21H,1-3H2;4H,1-3,7H2,(H,11,12)(H4,8,9,10)/t4?,5-,6?,7-,8?,9?,10+,12?;/m1./s1. The van der Waals surface area contributed by atoms with Crippen molar-refractivity contribution in [3.8, 4) is 0 Å². The molecule has 0 amide bonds. The summed E-state index contributed by atoms with van der Waals surface area (Å²) in [6.45, 7) is -2.53. The van der Waals surface area contributed by atoms with Gasteiger partial charge in [0.05, 0.1) is 19.8 Å². The number of aliphatic imine (C=N–C) groups is 1. The highest BCUT2D eigenvalue weighted by Crippen LogP contribution is 2.33. The van der Waals surface area contributed by atoms with Crippen molar-refractivity contribution in [2.45, 2.75) is 67.2 Å². The molecule has 17 heteroatoms. The number of carboxylic acids is 1. The molecule has 16 N–H and O–H groups in total. The first kappa shape index (κ1) is 33.0. The lowest BCUT2D eigenvalue weighted by Crippen LogP contribution is -2.60. The quantitative estimate of drug-likeness (QED) is 0.0613. The van der Waals surface area contributed by atoms with E-state index >= 15 is 0 Å². The Hall–Kier alpha value is -2.03. The number of ketones is 1. The number of carbonyl (C=O) groups excluding carboxylic acids is 1. The number of hydrogen-bond donors (Lipinski definition) is 13. The summed E-state index contributed by atoms with van der Waals surface area (Å²) in [5.41, 5.74) is 12.8. The highest BCUT2D eigenvalue weighted by atomic mass is 16.6. The Kier molecular flexibility index (Phi) is 14.3. The molecule has 9 atom stereocenters. The summed E-state index contributed by atoms with van der Waals surface area (Å²) in [7, 11) is 0. The molecule has 1 rings (SSSR count). The molecule has 0 spiro atoms. The van der Waals surface area contributed by atoms with Crippen LogP contribution in [0.15, 0.2) is 4.99 Å². The van der Waals surface area contributed by atoms with Gasteiger partial charge in [0.25, 0.3) is 0 Å². The van der Waals surface area contributed by atoms with Gasteiger partial charge in [-0.1, -0.05) is 0 Å². The van der Waals surface area contributed by atoms with Crippen molar-refractivity contribution < 1.29 is 65.4 Å². The number of carbonyl (C=O) groups is 2. The molecule has 1 heterocycles. The van der Waals surface area contributed by atoms with E-state index in [1.807, 2.05) is 0 Å². The summed E-state index contributed by atoms with van der Waals surface area (Å²) in [6, 6.07) is -0.820. The minimum absolute atomic E-state index is 0.0129. The molecule has 0 bridgehead atoms. The van der Waals surface area contributed by atoms with Crippen LogP contribution >= 0.6 is 0 Å². The molecule has 206 valence electrons. The molecule has 0 saturated carbocycles. The number of aliphatic hydroxyl groups excluding tert-OH is 9. The van der Waals surface area contributed by atoms with E-state index < -0.39 is 85.9 Å². The molecule has 1 saturated heterocycles. The van der Waals surface area contributed by atoms with Crippen molar-refractivity contribution >= 4 is 17.7 Å². The lowest BCUT2D eigenvalue weighted by atomic mass is 9.85. The number of aliphatic carboxylic acids is 1. The molecule has 1 fully saturated rings. The van der Waals surface area contributed by atoms with Crippen LogP contribution in [0, 0.1) is 0 Å². The molecule has 0 aromatic heterocycles. The fourth-order valence-corrected chi connectivity index (χ4v) is 3.02. The Bertz CT molecular complexity index is 695. The Morgan fingerprint density at radius 3 is 2.00 bits per heavy atom. The van der Waals surface area contributed by atoms with Gasteiger partial charge in [-0.05, 0) is 12.8 Å². The number of nitrogens with zero attached hydrogens (tertiary/aromatic N) is 1. The summed E-state index contributed by atoms with van der Waals surface area (Å²) >= 11 is 0. The van der Waals surface area contributed by atoms with Crippen LogP contribution in [-0.2, 0) is 14.3 Å². The van der Waals surface area contributed by atoms with Gasteiger partial charge in [-0.3, -0.25) is 14.6 Å². The van der Waals surface area contributed by atoms with Gasteiger partial charge in [-0.15, -0.1) is 0 Å². The smallest absolute Gasteiger partial charge is 0.320 e. The molecule has 17 nitrogen and oxygen atoms in total. The first-order valence-corrected chi connectivity index (χ1v) is 10.4. The SMILES string of the molecule is NC(N)=NCCCC(N)C(=O)O.O=C(C(O)C(O)C(O)C(O)CO)C1(CO)O[C@H](CO)[C@@H](O)[C@@H]1O. The lowest BCUT2D eigenvalue weighted by molar-refractivity contribution is -0.181. The first-order valence-electron chi connectivity index (χ1n) is 10.4. The van der Waals surface area contributed by atoms with E-state index in [0.29, 0.717) is 19.4 Å². The Balaban J connectivity index is 0.000000814. The van der Waals surface area contributed by atoms with E-state index in [0.717, 1.165) is 0 Å². The molecule has 6 unspecified atom stereocenters. The van der Waals surface area contributed by atoms with E-state index in [1.165, 1.54) is 0 Å². The second-order valence-electron chi connectivity index (χ2n) is 7.76. The lowest BCUT2D eigenvalue weighted by Gasteiger charge is -2.33. The predicted octanol–water partition coefficient (Wildman–Crippen LogP) is -7.71. The third kappa shape index (κ3) is 8.85. The van der Waals surface area contributed by atoms with Crippen molar-refractivity contribution in [3.05, 3.63) is 0 Å². The first-order chi connectivity index (χ1) is 16.2. The topological polar surface area (TPSA) is 336 Å². The van der Waals surface area contributed by atoms with Gasteiger partial charge < -0.3 is 73.0 Å².